The Labute approximate surface area is 71.9 Å². The first kappa shape index (κ1) is 11.3. The highest BCUT2D eigenvalue weighted by molar-refractivity contribution is 7.92. The maximum Gasteiger partial charge on any atom is 0.157 e. The number of ketones is 2. The standard InChI is InChI=1S/C7H12O4S/c1-6(8)3-4-12(10,11)5-7(2)9/h3-5H2,1-2H3. The van der Waals surface area contributed by atoms with E-state index >= 15 is 0 Å². The van der Waals surface area contributed by atoms with Crippen molar-refractivity contribution >= 4 is 21.4 Å². The third-order valence-corrected chi connectivity index (χ3v) is 2.86. The quantitative estimate of drug-likeness (QED) is 0.613. The van der Waals surface area contributed by atoms with E-state index in [-0.39, 0.29) is 18.0 Å². The van der Waals surface area contributed by atoms with Gasteiger partial charge in [-0.25, -0.2) is 8.42 Å². The monoisotopic (exact) mass is 192 g/mol. The molecule has 0 heterocycles. The fraction of sp³-hybridized carbons (Fsp3) is 0.714. The number of carbonyl (C=O) groups is 2. The summed E-state index contributed by atoms with van der Waals surface area (Å²) in [5.41, 5.74) is 0. The van der Waals surface area contributed by atoms with Crippen LogP contribution in [0.2, 0.25) is 0 Å². The highest BCUT2D eigenvalue weighted by atomic mass is 32.2. The first-order valence-electron chi connectivity index (χ1n) is 3.53. The van der Waals surface area contributed by atoms with Crippen molar-refractivity contribution in [1.82, 2.24) is 0 Å². The maximum absolute atomic E-state index is 11.0. The van der Waals surface area contributed by atoms with Gasteiger partial charge in [-0.3, -0.25) is 9.59 Å². The molecule has 0 unspecified atom stereocenters. The number of Topliss-reactive ketones (excluding diaryl/α,β-unsaturated/α-hetero) is 2. The molecular formula is C7H12O4S. The molecular weight excluding hydrogens is 180 g/mol. The molecule has 0 aliphatic rings. The van der Waals surface area contributed by atoms with Gasteiger partial charge >= 0.3 is 0 Å². The maximum atomic E-state index is 11.0. The number of hydrogen-bond donors (Lipinski definition) is 0. The van der Waals surface area contributed by atoms with E-state index < -0.39 is 21.4 Å². The van der Waals surface area contributed by atoms with Gasteiger partial charge in [0.05, 0.1) is 5.75 Å². The second-order valence-electron chi connectivity index (χ2n) is 2.75. The van der Waals surface area contributed by atoms with E-state index in [0.29, 0.717) is 0 Å². The van der Waals surface area contributed by atoms with Crippen molar-refractivity contribution in [3.8, 4) is 0 Å². The van der Waals surface area contributed by atoms with E-state index in [1.54, 1.807) is 0 Å². The Morgan fingerprint density at radius 2 is 1.58 bits per heavy atom. The van der Waals surface area contributed by atoms with Gasteiger partial charge in [-0.15, -0.1) is 0 Å². The number of hydrogen-bond acceptors (Lipinski definition) is 4. The zero-order valence-corrected chi connectivity index (χ0v) is 7.98. The molecule has 0 amide bonds. The SMILES string of the molecule is CC(=O)CCS(=O)(=O)CC(C)=O. The molecule has 0 rings (SSSR count). The lowest BCUT2D eigenvalue weighted by Crippen LogP contribution is -2.18. The van der Waals surface area contributed by atoms with Crippen LogP contribution >= 0.6 is 0 Å². The van der Waals surface area contributed by atoms with Crippen molar-refractivity contribution in [2.45, 2.75) is 20.3 Å². The molecule has 0 spiro atoms. The lowest BCUT2D eigenvalue weighted by molar-refractivity contribution is -0.117. The Morgan fingerprint density at radius 1 is 1.08 bits per heavy atom. The van der Waals surface area contributed by atoms with E-state index in [2.05, 4.69) is 0 Å². The fourth-order valence-electron chi connectivity index (χ4n) is 0.681. The summed E-state index contributed by atoms with van der Waals surface area (Å²) in [6, 6.07) is 0. The average molecular weight is 192 g/mol. The average Bonchev–Trinajstić information content (AvgIpc) is 1.81. The summed E-state index contributed by atoms with van der Waals surface area (Å²) in [6.07, 6.45) is -0.00435. The summed E-state index contributed by atoms with van der Waals surface area (Å²) in [5, 5.41) is 0. The molecule has 0 saturated carbocycles. The third kappa shape index (κ3) is 6.03. The van der Waals surface area contributed by atoms with Crippen molar-refractivity contribution in [3.05, 3.63) is 0 Å². The molecule has 0 aromatic rings. The van der Waals surface area contributed by atoms with E-state index in [9.17, 15) is 18.0 Å². The number of sulfone groups is 1. The highest BCUT2D eigenvalue weighted by Gasteiger charge is 2.13. The largest absolute Gasteiger partial charge is 0.300 e. The third-order valence-electron chi connectivity index (χ3n) is 1.19. The van der Waals surface area contributed by atoms with Gasteiger partial charge in [0.1, 0.15) is 17.3 Å². The van der Waals surface area contributed by atoms with Crippen LogP contribution in [0.25, 0.3) is 0 Å². The summed E-state index contributed by atoms with van der Waals surface area (Å²) < 4.78 is 21.9. The van der Waals surface area contributed by atoms with Crippen LogP contribution in [0.4, 0.5) is 0 Å². The topological polar surface area (TPSA) is 68.3 Å². The molecule has 0 atom stereocenters. The summed E-state index contributed by atoms with van der Waals surface area (Å²) in [4.78, 5) is 20.9. The van der Waals surface area contributed by atoms with Crippen LogP contribution in [0.1, 0.15) is 20.3 Å². The second kappa shape index (κ2) is 4.35. The molecule has 0 bridgehead atoms. The minimum atomic E-state index is -3.35. The lowest BCUT2D eigenvalue weighted by Gasteiger charge is -1.98. The van der Waals surface area contributed by atoms with Crippen LogP contribution in [0.5, 0.6) is 0 Å². The van der Waals surface area contributed by atoms with Crippen LogP contribution in [0.15, 0.2) is 0 Å². The van der Waals surface area contributed by atoms with Crippen LogP contribution in [0.3, 0.4) is 0 Å². The van der Waals surface area contributed by atoms with E-state index in [4.69, 9.17) is 0 Å². The fourth-order valence-corrected chi connectivity index (χ4v) is 2.04. The zero-order chi connectivity index (χ0) is 9.78. The van der Waals surface area contributed by atoms with E-state index in [0.717, 1.165) is 0 Å². The molecule has 0 fully saturated rings. The summed E-state index contributed by atoms with van der Waals surface area (Å²) in [5.74, 6) is -1.25. The van der Waals surface area contributed by atoms with Crippen LogP contribution in [-0.4, -0.2) is 31.5 Å². The predicted molar refractivity (Wildman–Crippen MR) is 44.6 cm³/mol. The first-order valence-corrected chi connectivity index (χ1v) is 5.35. The molecule has 0 radical (unpaired) electrons. The van der Waals surface area contributed by atoms with Gasteiger partial charge in [0.2, 0.25) is 0 Å². The van der Waals surface area contributed by atoms with Crippen molar-refractivity contribution in [1.29, 1.82) is 0 Å². The van der Waals surface area contributed by atoms with Gasteiger partial charge < -0.3 is 0 Å². The smallest absolute Gasteiger partial charge is 0.157 e. The molecule has 0 N–H and O–H groups in total. The molecule has 0 aromatic heterocycles. The van der Waals surface area contributed by atoms with Gasteiger partial charge in [0.15, 0.2) is 9.84 Å². The highest BCUT2D eigenvalue weighted by Crippen LogP contribution is 1.95. The first-order chi connectivity index (χ1) is 5.33. The second-order valence-corrected chi connectivity index (χ2v) is 4.93. The molecule has 12 heavy (non-hydrogen) atoms. The summed E-state index contributed by atoms with van der Waals surface area (Å²) >= 11 is 0. The Balaban J connectivity index is 4.06. The van der Waals surface area contributed by atoms with Gasteiger partial charge in [-0.1, -0.05) is 0 Å². The molecule has 70 valence electrons. The van der Waals surface area contributed by atoms with Crippen molar-refractivity contribution < 1.29 is 18.0 Å². The molecule has 0 aromatic carbocycles. The van der Waals surface area contributed by atoms with E-state index in [1.807, 2.05) is 0 Å². The zero-order valence-electron chi connectivity index (χ0n) is 7.16. The molecule has 0 saturated heterocycles. The Bertz CT molecular complexity index is 276. The van der Waals surface area contributed by atoms with Gasteiger partial charge in [0, 0.05) is 6.42 Å². The molecule has 0 aliphatic heterocycles. The van der Waals surface area contributed by atoms with Crippen LogP contribution < -0.4 is 0 Å². The molecule has 0 aliphatic carbocycles. The number of carbonyl (C=O) groups excluding carboxylic acids is 2. The number of rotatable bonds is 5. The minimum Gasteiger partial charge on any atom is -0.300 e. The van der Waals surface area contributed by atoms with Crippen LogP contribution in [0, 0.1) is 0 Å². The van der Waals surface area contributed by atoms with Crippen LogP contribution in [-0.2, 0) is 19.4 Å². The Hall–Kier alpha value is -0.710. The van der Waals surface area contributed by atoms with E-state index in [1.165, 1.54) is 13.8 Å². The van der Waals surface area contributed by atoms with Crippen molar-refractivity contribution in [3.63, 3.8) is 0 Å². The van der Waals surface area contributed by atoms with Gasteiger partial charge in [-0.2, -0.15) is 0 Å². The predicted octanol–water partition coefficient (Wildman–Crippen LogP) is -0.0307. The Kier molecular flexibility index (Phi) is 4.09. The van der Waals surface area contributed by atoms with Crippen molar-refractivity contribution in [2.75, 3.05) is 11.5 Å². The lowest BCUT2D eigenvalue weighted by atomic mass is 10.4. The Morgan fingerprint density at radius 3 is 1.92 bits per heavy atom. The minimum absolute atomic E-state index is 0.00435. The summed E-state index contributed by atoms with van der Waals surface area (Å²) in [6.45, 7) is 2.54. The van der Waals surface area contributed by atoms with Gasteiger partial charge in [-0.05, 0) is 13.8 Å². The van der Waals surface area contributed by atoms with Gasteiger partial charge in [0.25, 0.3) is 0 Å². The summed E-state index contributed by atoms with van der Waals surface area (Å²) in [7, 11) is -3.35. The molecule has 5 heteroatoms. The molecule has 4 nitrogen and oxygen atoms in total. The van der Waals surface area contributed by atoms with Crippen molar-refractivity contribution in [2.24, 2.45) is 0 Å². The normalized spacial score (nSPS) is 11.2.